The van der Waals surface area contributed by atoms with Gasteiger partial charge in [-0.3, -0.25) is 0 Å². The van der Waals surface area contributed by atoms with Gasteiger partial charge in [0.15, 0.2) is 17.5 Å². The van der Waals surface area contributed by atoms with Gasteiger partial charge in [0.05, 0.1) is 0 Å². The Kier molecular flexibility index (Phi) is 6.05. The van der Waals surface area contributed by atoms with Crippen LogP contribution in [0.5, 0.6) is 0 Å². The molecule has 238 valence electrons. The van der Waals surface area contributed by atoms with Gasteiger partial charge in [-0.05, 0) is 59.7 Å². The number of hydrogen-bond acceptors (Lipinski definition) is 6. The highest BCUT2D eigenvalue weighted by molar-refractivity contribution is 7.25. The molecule has 0 spiro atoms. The van der Waals surface area contributed by atoms with Gasteiger partial charge in [0.2, 0.25) is 0 Å². The molecular weight excluding hydrogens is 647 g/mol. The van der Waals surface area contributed by atoms with E-state index >= 15 is 0 Å². The van der Waals surface area contributed by atoms with E-state index < -0.39 is 0 Å². The summed E-state index contributed by atoms with van der Waals surface area (Å²) in [6.45, 7) is 0. The fraction of sp³-hybridized carbons (Fsp3) is 0. The minimum Gasteiger partial charge on any atom is -0.456 e. The molecule has 0 amide bonds. The SMILES string of the molecule is c1ccc(-c2nc(-c3cccc4oc5ccccc5c34)nc(-c3c(-c4ccc5sc6ccccc6c5c4)ccc4oc5ccccc5c34)n2)cc1. The Morgan fingerprint density at radius 3 is 1.82 bits per heavy atom. The Balaban J connectivity index is 1.25. The predicted octanol–water partition coefficient (Wildman–Crippen LogP) is 12.7. The molecule has 4 aromatic heterocycles. The molecular formula is C45H25N3O2S. The van der Waals surface area contributed by atoms with Crippen LogP contribution in [0, 0.1) is 0 Å². The maximum Gasteiger partial charge on any atom is 0.165 e. The van der Waals surface area contributed by atoms with E-state index in [4.69, 9.17) is 23.8 Å². The van der Waals surface area contributed by atoms with E-state index in [1.54, 1.807) is 0 Å². The standard InChI is InChI=1S/C45H25N3O2S/c1-2-11-26(12-3-1)43-46-44(32-16-10-19-36-40(32)30-14-4-7-17-34(30)49-36)48-45(47-43)42-28(22-23-37-41(42)31-15-5-8-18-35(31)50-37)27-21-24-39-33(25-27)29-13-6-9-20-38(29)51-39/h1-25H. The molecule has 5 nitrogen and oxygen atoms in total. The third-order valence-electron chi connectivity index (χ3n) is 9.77. The lowest BCUT2D eigenvalue weighted by Crippen LogP contribution is -2.01. The Bertz CT molecular complexity index is 3160. The van der Waals surface area contributed by atoms with Crippen LogP contribution in [0.1, 0.15) is 0 Å². The quantitative estimate of drug-likeness (QED) is 0.186. The van der Waals surface area contributed by atoms with Crippen molar-refractivity contribution in [1.29, 1.82) is 0 Å². The lowest BCUT2D eigenvalue weighted by atomic mass is 9.93. The minimum absolute atomic E-state index is 0.575. The molecule has 11 aromatic rings. The van der Waals surface area contributed by atoms with Crippen LogP contribution < -0.4 is 0 Å². The summed E-state index contributed by atoms with van der Waals surface area (Å²) in [7, 11) is 0. The van der Waals surface area contributed by atoms with Crippen molar-refractivity contribution in [3.8, 4) is 45.3 Å². The van der Waals surface area contributed by atoms with E-state index in [0.717, 1.165) is 71.7 Å². The third-order valence-corrected chi connectivity index (χ3v) is 10.9. The number of hydrogen-bond donors (Lipinski definition) is 0. The molecule has 0 radical (unpaired) electrons. The zero-order valence-electron chi connectivity index (χ0n) is 27.0. The van der Waals surface area contributed by atoms with Gasteiger partial charge in [-0.15, -0.1) is 11.3 Å². The van der Waals surface area contributed by atoms with Crippen LogP contribution in [0.4, 0.5) is 0 Å². The van der Waals surface area contributed by atoms with E-state index in [1.807, 2.05) is 84.1 Å². The van der Waals surface area contributed by atoms with Gasteiger partial charge in [0.25, 0.3) is 0 Å². The van der Waals surface area contributed by atoms with E-state index in [2.05, 4.69) is 78.9 Å². The van der Waals surface area contributed by atoms with Crippen LogP contribution in [0.2, 0.25) is 0 Å². The number of furan rings is 2. The number of para-hydroxylation sites is 2. The Morgan fingerprint density at radius 2 is 1.00 bits per heavy atom. The first-order chi connectivity index (χ1) is 25.3. The van der Waals surface area contributed by atoms with Crippen LogP contribution >= 0.6 is 11.3 Å². The number of aromatic nitrogens is 3. The van der Waals surface area contributed by atoms with Gasteiger partial charge in [-0.2, -0.15) is 0 Å². The van der Waals surface area contributed by atoms with E-state index in [9.17, 15) is 0 Å². The van der Waals surface area contributed by atoms with Crippen molar-refractivity contribution in [1.82, 2.24) is 15.0 Å². The van der Waals surface area contributed by atoms with E-state index in [1.165, 1.54) is 20.2 Å². The first kappa shape index (κ1) is 28.2. The molecule has 51 heavy (non-hydrogen) atoms. The summed E-state index contributed by atoms with van der Waals surface area (Å²) in [6, 6.07) is 52.1. The summed E-state index contributed by atoms with van der Waals surface area (Å²) in [5, 5.41) is 6.47. The zero-order chi connectivity index (χ0) is 33.5. The molecule has 0 aliphatic carbocycles. The molecule has 0 bridgehead atoms. The number of rotatable bonds is 4. The highest BCUT2D eigenvalue weighted by Crippen LogP contribution is 2.45. The summed E-state index contributed by atoms with van der Waals surface area (Å²) in [6.07, 6.45) is 0. The van der Waals surface area contributed by atoms with Gasteiger partial charge in [-0.1, -0.05) is 103 Å². The smallest absolute Gasteiger partial charge is 0.165 e. The van der Waals surface area contributed by atoms with Crippen molar-refractivity contribution in [2.24, 2.45) is 0 Å². The zero-order valence-corrected chi connectivity index (χ0v) is 27.8. The maximum absolute atomic E-state index is 6.46. The van der Waals surface area contributed by atoms with Crippen LogP contribution in [0.25, 0.3) is 109 Å². The molecule has 4 heterocycles. The molecule has 0 aliphatic rings. The van der Waals surface area contributed by atoms with E-state index in [-0.39, 0.29) is 0 Å². The highest BCUT2D eigenvalue weighted by atomic mass is 32.1. The van der Waals surface area contributed by atoms with Gasteiger partial charge in [0.1, 0.15) is 22.3 Å². The molecule has 7 aromatic carbocycles. The summed E-state index contributed by atoms with van der Waals surface area (Å²) in [5.74, 6) is 1.74. The third kappa shape index (κ3) is 4.37. The second kappa shape index (κ2) is 10.9. The van der Waals surface area contributed by atoms with Gasteiger partial charge >= 0.3 is 0 Å². The predicted molar refractivity (Wildman–Crippen MR) is 209 cm³/mol. The largest absolute Gasteiger partial charge is 0.456 e. The van der Waals surface area contributed by atoms with Crippen LogP contribution in [-0.4, -0.2) is 15.0 Å². The lowest BCUT2D eigenvalue weighted by molar-refractivity contribution is 0.668. The number of thiophene rings is 1. The van der Waals surface area contributed by atoms with Gasteiger partial charge in [-0.25, -0.2) is 15.0 Å². The topological polar surface area (TPSA) is 65.0 Å². The lowest BCUT2D eigenvalue weighted by Gasteiger charge is -2.14. The van der Waals surface area contributed by atoms with Crippen molar-refractivity contribution in [3.63, 3.8) is 0 Å². The Labute approximate surface area is 295 Å². The summed E-state index contributed by atoms with van der Waals surface area (Å²) >= 11 is 1.82. The summed E-state index contributed by atoms with van der Waals surface area (Å²) < 4.78 is 15.3. The molecule has 0 N–H and O–H groups in total. The number of nitrogens with zero attached hydrogens (tertiary/aromatic N) is 3. The normalized spacial score (nSPS) is 11.9. The second-order valence-corrected chi connectivity index (χ2v) is 13.8. The van der Waals surface area contributed by atoms with Crippen molar-refractivity contribution < 1.29 is 8.83 Å². The molecule has 0 unspecified atom stereocenters. The van der Waals surface area contributed by atoms with Crippen LogP contribution in [0.3, 0.4) is 0 Å². The van der Waals surface area contributed by atoms with E-state index in [0.29, 0.717) is 17.5 Å². The average Bonchev–Trinajstić information content (AvgIpc) is 3.88. The van der Waals surface area contributed by atoms with Crippen LogP contribution in [0.15, 0.2) is 160 Å². The highest BCUT2D eigenvalue weighted by Gasteiger charge is 2.23. The van der Waals surface area contributed by atoms with Crippen molar-refractivity contribution in [2.75, 3.05) is 0 Å². The summed E-state index contributed by atoms with van der Waals surface area (Å²) in [4.78, 5) is 15.8. The van der Waals surface area contributed by atoms with Crippen molar-refractivity contribution >= 4 is 75.4 Å². The molecule has 0 fully saturated rings. The van der Waals surface area contributed by atoms with Crippen LogP contribution in [-0.2, 0) is 0 Å². The number of fused-ring (bicyclic) bond motifs is 9. The fourth-order valence-corrected chi connectivity index (χ4v) is 8.55. The molecule has 0 aliphatic heterocycles. The molecule has 0 saturated carbocycles. The molecule has 0 atom stereocenters. The van der Waals surface area contributed by atoms with Gasteiger partial charge in [0, 0.05) is 58.4 Å². The monoisotopic (exact) mass is 671 g/mol. The molecule has 6 heteroatoms. The van der Waals surface area contributed by atoms with Crippen molar-refractivity contribution in [3.05, 3.63) is 152 Å². The molecule has 11 rings (SSSR count). The Hall–Kier alpha value is -6.63. The first-order valence-electron chi connectivity index (χ1n) is 16.9. The minimum atomic E-state index is 0.575. The number of benzene rings is 7. The summed E-state index contributed by atoms with van der Waals surface area (Å²) in [5.41, 5.74) is 8.01. The average molecular weight is 672 g/mol. The molecule has 0 saturated heterocycles. The second-order valence-electron chi connectivity index (χ2n) is 12.7. The van der Waals surface area contributed by atoms with Gasteiger partial charge < -0.3 is 8.83 Å². The maximum atomic E-state index is 6.46. The first-order valence-corrected chi connectivity index (χ1v) is 17.7. The Morgan fingerprint density at radius 1 is 0.373 bits per heavy atom. The fourth-order valence-electron chi connectivity index (χ4n) is 7.47. The van der Waals surface area contributed by atoms with Crippen molar-refractivity contribution in [2.45, 2.75) is 0 Å².